The van der Waals surface area contributed by atoms with Gasteiger partial charge in [-0.3, -0.25) is 9.59 Å². The molecule has 2 aromatic carbocycles. The summed E-state index contributed by atoms with van der Waals surface area (Å²) in [4.78, 5) is 34.1. The molecular formula is C22H19N3O2S. The van der Waals surface area contributed by atoms with Gasteiger partial charge in [0.2, 0.25) is 0 Å². The molecule has 6 heteroatoms. The van der Waals surface area contributed by atoms with Gasteiger partial charge in [-0.05, 0) is 44.0 Å². The summed E-state index contributed by atoms with van der Waals surface area (Å²) in [7, 11) is 0. The molecule has 140 valence electrons. The van der Waals surface area contributed by atoms with Crippen molar-refractivity contribution in [2.45, 2.75) is 20.8 Å². The number of rotatable bonds is 3. The molecule has 4 rings (SSSR count). The number of thiophene rings is 1. The van der Waals surface area contributed by atoms with Crippen molar-refractivity contribution in [2.75, 3.05) is 5.32 Å². The Morgan fingerprint density at radius 2 is 1.86 bits per heavy atom. The van der Waals surface area contributed by atoms with Crippen LogP contribution in [0.25, 0.3) is 21.6 Å². The van der Waals surface area contributed by atoms with Crippen LogP contribution in [-0.2, 0) is 0 Å². The van der Waals surface area contributed by atoms with Crippen LogP contribution in [0.3, 0.4) is 0 Å². The fourth-order valence-electron chi connectivity index (χ4n) is 3.18. The minimum absolute atomic E-state index is 0.230. The van der Waals surface area contributed by atoms with Crippen LogP contribution in [0.4, 0.5) is 5.69 Å². The van der Waals surface area contributed by atoms with Gasteiger partial charge in [0.1, 0.15) is 10.7 Å². The summed E-state index contributed by atoms with van der Waals surface area (Å²) < 4.78 is 0. The second-order valence-electron chi connectivity index (χ2n) is 6.79. The van der Waals surface area contributed by atoms with Crippen LogP contribution in [0, 0.1) is 20.8 Å². The number of aromatic nitrogens is 2. The van der Waals surface area contributed by atoms with Crippen LogP contribution in [0.5, 0.6) is 0 Å². The number of nitrogens with one attached hydrogen (secondary N) is 2. The standard InChI is InChI=1S/C22H19N3O2S/c1-12-7-6-9-15(11-12)19-24-20(26)17-14(3)18(28-22(17)25-19)21(27)23-16-10-5-4-8-13(16)2/h4-11H,1-3H3,(H,23,27)(H,24,25,26). The second kappa shape index (κ2) is 7.05. The van der Waals surface area contributed by atoms with E-state index in [0.29, 0.717) is 26.5 Å². The second-order valence-corrected chi connectivity index (χ2v) is 7.79. The summed E-state index contributed by atoms with van der Waals surface area (Å²) in [6.07, 6.45) is 0. The zero-order valence-corrected chi connectivity index (χ0v) is 16.6. The van der Waals surface area contributed by atoms with Gasteiger partial charge in [-0.1, -0.05) is 42.0 Å². The Morgan fingerprint density at radius 3 is 2.61 bits per heavy atom. The third kappa shape index (κ3) is 3.23. The molecule has 0 aliphatic carbocycles. The van der Waals surface area contributed by atoms with Gasteiger partial charge in [-0.25, -0.2) is 4.98 Å². The van der Waals surface area contributed by atoms with Crippen molar-refractivity contribution >= 4 is 33.1 Å². The lowest BCUT2D eigenvalue weighted by atomic mass is 10.1. The van der Waals surface area contributed by atoms with Crippen LogP contribution >= 0.6 is 11.3 Å². The number of hydrogen-bond acceptors (Lipinski definition) is 4. The number of aromatic amines is 1. The van der Waals surface area contributed by atoms with Crippen molar-refractivity contribution in [1.82, 2.24) is 9.97 Å². The SMILES string of the molecule is Cc1cccc(-c2nc3sc(C(=O)Nc4ccccc4C)c(C)c3c(=O)[nH]2)c1. The molecule has 0 spiro atoms. The molecule has 0 saturated heterocycles. The molecule has 2 aromatic heterocycles. The molecule has 0 aliphatic heterocycles. The van der Waals surface area contributed by atoms with E-state index < -0.39 is 0 Å². The van der Waals surface area contributed by atoms with Gasteiger partial charge >= 0.3 is 0 Å². The van der Waals surface area contributed by atoms with Crippen molar-refractivity contribution in [3.8, 4) is 11.4 Å². The molecule has 5 nitrogen and oxygen atoms in total. The van der Waals surface area contributed by atoms with Crippen LogP contribution < -0.4 is 10.9 Å². The molecule has 0 radical (unpaired) electrons. The monoisotopic (exact) mass is 389 g/mol. The molecule has 28 heavy (non-hydrogen) atoms. The molecule has 0 aliphatic rings. The maximum atomic E-state index is 12.8. The highest BCUT2D eigenvalue weighted by molar-refractivity contribution is 7.20. The van der Waals surface area contributed by atoms with Crippen LogP contribution in [0.15, 0.2) is 53.3 Å². The number of aryl methyl sites for hydroxylation is 3. The number of nitrogens with zero attached hydrogens (tertiary/aromatic N) is 1. The quantitative estimate of drug-likeness (QED) is 0.527. The lowest BCUT2D eigenvalue weighted by Gasteiger charge is -2.07. The van der Waals surface area contributed by atoms with Gasteiger partial charge in [0.15, 0.2) is 0 Å². The summed E-state index contributed by atoms with van der Waals surface area (Å²) in [5.74, 6) is 0.277. The van der Waals surface area contributed by atoms with E-state index in [1.165, 1.54) is 11.3 Å². The molecule has 0 atom stereocenters. The molecule has 2 heterocycles. The third-order valence-electron chi connectivity index (χ3n) is 4.69. The number of fused-ring (bicyclic) bond motifs is 1. The minimum Gasteiger partial charge on any atom is -0.321 e. The normalized spacial score (nSPS) is 11.0. The van der Waals surface area contributed by atoms with Gasteiger partial charge in [-0.2, -0.15) is 0 Å². The third-order valence-corrected chi connectivity index (χ3v) is 5.88. The van der Waals surface area contributed by atoms with Gasteiger partial charge in [-0.15, -0.1) is 11.3 Å². The van der Waals surface area contributed by atoms with Gasteiger partial charge in [0, 0.05) is 11.3 Å². The van der Waals surface area contributed by atoms with Crippen molar-refractivity contribution in [1.29, 1.82) is 0 Å². The maximum Gasteiger partial charge on any atom is 0.266 e. The first-order valence-electron chi connectivity index (χ1n) is 8.91. The van der Waals surface area contributed by atoms with E-state index in [9.17, 15) is 9.59 Å². The van der Waals surface area contributed by atoms with E-state index >= 15 is 0 Å². The maximum absolute atomic E-state index is 12.8. The number of benzene rings is 2. The van der Waals surface area contributed by atoms with E-state index in [-0.39, 0.29) is 11.5 Å². The average molecular weight is 389 g/mol. The Morgan fingerprint density at radius 1 is 1.07 bits per heavy atom. The smallest absolute Gasteiger partial charge is 0.266 e. The zero-order chi connectivity index (χ0) is 19.8. The molecule has 0 bridgehead atoms. The van der Waals surface area contributed by atoms with Crippen molar-refractivity contribution in [3.05, 3.63) is 80.5 Å². The Balaban J connectivity index is 1.78. The fourth-order valence-corrected chi connectivity index (χ4v) is 4.26. The number of carbonyl (C=O) groups is 1. The number of amides is 1. The highest BCUT2D eigenvalue weighted by atomic mass is 32.1. The van der Waals surface area contributed by atoms with Crippen molar-refractivity contribution in [2.24, 2.45) is 0 Å². The molecule has 0 saturated carbocycles. The highest BCUT2D eigenvalue weighted by Crippen LogP contribution is 2.29. The van der Waals surface area contributed by atoms with E-state index in [1.807, 2.05) is 62.4 Å². The first kappa shape index (κ1) is 18.1. The molecule has 4 aromatic rings. The van der Waals surface area contributed by atoms with E-state index in [1.54, 1.807) is 6.92 Å². The number of para-hydroxylation sites is 1. The largest absolute Gasteiger partial charge is 0.321 e. The van der Waals surface area contributed by atoms with Crippen LogP contribution in [0.1, 0.15) is 26.4 Å². The molecule has 2 N–H and O–H groups in total. The number of carbonyl (C=O) groups excluding carboxylic acids is 1. The van der Waals surface area contributed by atoms with Gasteiger partial charge in [0.25, 0.3) is 11.5 Å². The predicted molar refractivity (Wildman–Crippen MR) is 114 cm³/mol. The van der Waals surface area contributed by atoms with Gasteiger partial charge in [0.05, 0.1) is 10.3 Å². The number of anilines is 1. The van der Waals surface area contributed by atoms with Gasteiger partial charge < -0.3 is 10.3 Å². The average Bonchev–Trinajstić information content (AvgIpc) is 3.01. The fraction of sp³-hybridized carbons (Fsp3) is 0.136. The molecule has 0 fully saturated rings. The van der Waals surface area contributed by atoms with E-state index in [4.69, 9.17) is 0 Å². The number of hydrogen-bond donors (Lipinski definition) is 2. The molecule has 0 unspecified atom stereocenters. The summed E-state index contributed by atoms with van der Waals surface area (Å²) in [6, 6.07) is 15.4. The van der Waals surface area contributed by atoms with E-state index in [2.05, 4.69) is 15.3 Å². The molecule has 1 amide bonds. The summed E-state index contributed by atoms with van der Waals surface area (Å²) in [5.41, 5.74) is 4.08. The first-order chi connectivity index (χ1) is 13.4. The Kier molecular flexibility index (Phi) is 4.57. The minimum atomic E-state index is -0.231. The lowest BCUT2D eigenvalue weighted by molar-refractivity contribution is 0.103. The summed E-state index contributed by atoms with van der Waals surface area (Å²) >= 11 is 1.24. The summed E-state index contributed by atoms with van der Waals surface area (Å²) in [5, 5.41) is 3.40. The zero-order valence-electron chi connectivity index (χ0n) is 15.8. The highest BCUT2D eigenvalue weighted by Gasteiger charge is 2.20. The topological polar surface area (TPSA) is 74.8 Å². The van der Waals surface area contributed by atoms with Crippen LogP contribution in [-0.4, -0.2) is 15.9 Å². The summed E-state index contributed by atoms with van der Waals surface area (Å²) in [6.45, 7) is 5.71. The molecular weight excluding hydrogens is 370 g/mol. The Hall–Kier alpha value is -3.25. The van der Waals surface area contributed by atoms with Crippen molar-refractivity contribution in [3.63, 3.8) is 0 Å². The number of H-pyrrole nitrogens is 1. The van der Waals surface area contributed by atoms with E-state index in [0.717, 1.165) is 22.4 Å². The van der Waals surface area contributed by atoms with Crippen LogP contribution in [0.2, 0.25) is 0 Å². The van der Waals surface area contributed by atoms with Crippen molar-refractivity contribution < 1.29 is 4.79 Å². The lowest BCUT2D eigenvalue weighted by Crippen LogP contribution is -2.13. The first-order valence-corrected chi connectivity index (χ1v) is 9.73. The Bertz CT molecular complexity index is 1270. The Labute approximate surface area is 166 Å². The predicted octanol–water partition coefficient (Wildman–Crippen LogP) is 4.83.